The molecule has 0 unspecified atom stereocenters. The van der Waals surface area contributed by atoms with Gasteiger partial charge in [-0.2, -0.15) is 0 Å². The third-order valence-corrected chi connectivity index (χ3v) is 1.86. The van der Waals surface area contributed by atoms with E-state index in [1.54, 1.807) is 0 Å². The number of rotatable bonds is 1. The Balaban J connectivity index is 3.07. The van der Waals surface area contributed by atoms with Crippen molar-refractivity contribution in [2.24, 2.45) is 11.6 Å². The third-order valence-electron chi connectivity index (χ3n) is 1.67. The van der Waals surface area contributed by atoms with Crippen LogP contribution in [0.15, 0.2) is 18.2 Å². The second-order valence-corrected chi connectivity index (χ2v) is 3.13. The molecular formula is C8H9N3O3S. The van der Waals surface area contributed by atoms with Gasteiger partial charge in [0.05, 0.1) is 5.56 Å². The molecule has 1 aromatic rings. The lowest BCUT2D eigenvalue weighted by Crippen LogP contribution is -2.45. The second-order valence-electron chi connectivity index (χ2n) is 2.71. The van der Waals surface area contributed by atoms with Crippen molar-refractivity contribution in [3.63, 3.8) is 0 Å². The molecule has 0 saturated carbocycles. The molecule has 0 atom stereocenters. The Kier molecular flexibility index (Phi) is 3.08. The third kappa shape index (κ3) is 2.33. The van der Waals surface area contributed by atoms with Crippen LogP contribution in [0.25, 0.3) is 0 Å². The maximum atomic E-state index is 11.5. The van der Waals surface area contributed by atoms with Crippen LogP contribution in [0.5, 0.6) is 11.5 Å². The number of hydrogen-bond donors (Lipinski definition) is 4. The molecule has 80 valence electrons. The summed E-state index contributed by atoms with van der Waals surface area (Å²) in [7, 11) is 0. The summed E-state index contributed by atoms with van der Waals surface area (Å²) in [5, 5.41) is 18.6. The zero-order valence-electron chi connectivity index (χ0n) is 7.54. The van der Waals surface area contributed by atoms with E-state index in [1.807, 2.05) is 0 Å². The van der Waals surface area contributed by atoms with E-state index in [4.69, 9.17) is 16.7 Å². The summed E-state index contributed by atoms with van der Waals surface area (Å²) in [6.07, 6.45) is 0. The number of amides is 1. The highest BCUT2D eigenvalue weighted by Crippen LogP contribution is 2.23. The zero-order chi connectivity index (χ0) is 11.6. The van der Waals surface area contributed by atoms with E-state index in [0.29, 0.717) is 5.01 Å². The van der Waals surface area contributed by atoms with Crippen molar-refractivity contribution < 1.29 is 15.0 Å². The van der Waals surface area contributed by atoms with Gasteiger partial charge in [-0.3, -0.25) is 4.79 Å². The smallest absolute Gasteiger partial charge is 0.278 e. The topological polar surface area (TPSA) is 113 Å². The fraction of sp³-hybridized carbons (Fsp3) is 0. The molecule has 6 N–H and O–H groups in total. The molecule has 0 aliphatic carbocycles. The number of nitrogens with zero attached hydrogens (tertiary/aromatic N) is 1. The van der Waals surface area contributed by atoms with Gasteiger partial charge in [-0.15, -0.1) is 0 Å². The molecule has 15 heavy (non-hydrogen) atoms. The first kappa shape index (κ1) is 11.2. The van der Waals surface area contributed by atoms with Gasteiger partial charge in [-0.1, -0.05) is 0 Å². The Hall–Kier alpha value is -1.86. The first-order valence-corrected chi connectivity index (χ1v) is 4.25. The van der Waals surface area contributed by atoms with E-state index in [0.717, 1.165) is 6.07 Å². The maximum absolute atomic E-state index is 11.5. The monoisotopic (exact) mass is 227 g/mol. The van der Waals surface area contributed by atoms with Crippen LogP contribution in [0.1, 0.15) is 10.4 Å². The van der Waals surface area contributed by atoms with Gasteiger partial charge < -0.3 is 15.9 Å². The molecule has 0 radical (unpaired) electrons. The first-order valence-electron chi connectivity index (χ1n) is 3.84. The predicted molar refractivity (Wildman–Crippen MR) is 56.9 cm³/mol. The molecule has 1 rings (SSSR count). The number of aromatic hydroxyl groups is 2. The van der Waals surface area contributed by atoms with Crippen molar-refractivity contribution >= 4 is 23.2 Å². The van der Waals surface area contributed by atoms with Crippen molar-refractivity contribution in [1.82, 2.24) is 5.01 Å². The van der Waals surface area contributed by atoms with Crippen molar-refractivity contribution in [3.05, 3.63) is 23.8 Å². The molecule has 0 fully saturated rings. The van der Waals surface area contributed by atoms with Crippen LogP contribution in [-0.4, -0.2) is 26.2 Å². The Morgan fingerprint density at radius 2 is 2.00 bits per heavy atom. The summed E-state index contributed by atoms with van der Waals surface area (Å²) < 4.78 is 0. The van der Waals surface area contributed by atoms with E-state index in [1.165, 1.54) is 12.1 Å². The standard InChI is InChI=1S/C8H9N3O3S/c9-8(15)11(10)7(14)5-2-1-4(12)3-6(5)13/h1-3,12-13H,10H2,(H2,9,15). The Morgan fingerprint density at radius 3 is 2.47 bits per heavy atom. The predicted octanol–water partition coefficient (Wildman–Crippen LogP) is -0.343. The van der Waals surface area contributed by atoms with Crippen molar-refractivity contribution in [2.75, 3.05) is 0 Å². The van der Waals surface area contributed by atoms with Crippen LogP contribution in [0.2, 0.25) is 0 Å². The van der Waals surface area contributed by atoms with E-state index >= 15 is 0 Å². The quantitative estimate of drug-likeness (QED) is 0.226. The summed E-state index contributed by atoms with van der Waals surface area (Å²) in [6.45, 7) is 0. The van der Waals surface area contributed by atoms with Gasteiger partial charge in [0.15, 0.2) is 5.11 Å². The van der Waals surface area contributed by atoms with Crippen LogP contribution >= 0.6 is 12.2 Å². The molecule has 0 saturated heterocycles. The Morgan fingerprint density at radius 1 is 1.40 bits per heavy atom. The van der Waals surface area contributed by atoms with Crippen molar-refractivity contribution in [1.29, 1.82) is 0 Å². The summed E-state index contributed by atoms with van der Waals surface area (Å²) in [5.41, 5.74) is 5.04. The molecule has 0 heterocycles. The average molecular weight is 227 g/mol. The number of phenols is 2. The van der Waals surface area contributed by atoms with E-state index in [9.17, 15) is 9.90 Å². The largest absolute Gasteiger partial charge is 0.508 e. The highest BCUT2D eigenvalue weighted by Gasteiger charge is 2.18. The fourth-order valence-electron chi connectivity index (χ4n) is 0.931. The normalized spacial score (nSPS) is 9.67. The van der Waals surface area contributed by atoms with Crippen molar-refractivity contribution in [3.8, 4) is 11.5 Å². The van der Waals surface area contributed by atoms with Gasteiger partial charge in [0.1, 0.15) is 11.5 Å². The lowest BCUT2D eigenvalue weighted by atomic mass is 10.2. The maximum Gasteiger partial charge on any atom is 0.278 e. The molecule has 1 aromatic carbocycles. The fourth-order valence-corrected chi connectivity index (χ4v) is 1.01. The summed E-state index contributed by atoms with van der Waals surface area (Å²) >= 11 is 4.49. The Bertz CT molecular complexity index is 422. The number of hydrogen-bond acceptors (Lipinski definition) is 5. The molecule has 6 nitrogen and oxygen atoms in total. The zero-order valence-corrected chi connectivity index (χ0v) is 8.36. The minimum atomic E-state index is -0.750. The van der Waals surface area contributed by atoms with Gasteiger partial charge in [0, 0.05) is 6.07 Å². The minimum absolute atomic E-state index is 0.0944. The average Bonchev–Trinajstić information content (AvgIpc) is 2.15. The van der Waals surface area contributed by atoms with Gasteiger partial charge in [-0.05, 0) is 24.4 Å². The summed E-state index contributed by atoms with van der Waals surface area (Å²) in [4.78, 5) is 11.5. The van der Waals surface area contributed by atoms with E-state index < -0.39 is 11.7 Å². The number of benzene rings is 1. The van der Waals surface area contributed by atoms with Gasteiger partial charge in [0.25, 0.3) is 5.91 Å². The highest BCUT2D eigenvalue weighted by molar-refractivity contribution is 7.80. The molecular weight excluding hydrogens is 218 g/mol. The molecule has 0 bridgehead atoms. The molecule has 7 heteroatoms. The SMILES string of the molecule is NC(=S)N(N)C(=O)c1ccc(O)cc1O. The first-order chi connectivity index (χ1) is 6.93. The highest BCUT2D eigenvalue weighted by atomic mass is 32.1. The van der Waals surface area contributed by atoms with Crippen LogP contribution < -0.4 is 11.6 Å². The minimum Gasteiger partial charge on any atom is -0.508 e. The van der Waals surface area contributed by atoms with E-state index in [-0.39, 0.29) is 16.4 Å². The van der Waals surface area contributed by atoms with Crippen molar-refractivity contribution in [2.45, 2.75) is 0 Å². The number of phenolic OH excluding ortho intramolecular Hbond substituents is 2. The molecule has 0 aliphatic rings. The van der Waals surface area contributed by atoms with Crippen LogP contribution in [0, 0.1) is 0 Å². The number of carbonyl (C=O) groups excluding carboxylic acids is 1. The number of nitrogens with two attached hydrogens (primary N) is 2. The second kappa shape index (κ2) is 4.11. The molecule has 0 aromatic heterocycles. The van der Waals surface area contributed by atoms with Gasteiger partial charge in [-0.25, -0.2) is 10.9 Å². The molecule has 1 amide bonds. The molecule has 0 spiro atoms. The lowest BCUT2D eigenvalue weighted by Gasteiger charge is -2.14. The van der Waals surface area contributed by atoms with Crippen LogP contribution in [-0.2, 0) is 0 Å². The number of thiocarbonyl (C=S) groups is 1. The lowest BCUT2D eigenvalue weighted by molar-refractivity contribution is 0.0845. The van der Waals surface area contributed by atoms with Gasteiger partial charge >= 0.3 is 0 Å². The molecule has 0 aliphatic heterocycles. The van der Waals surface area contributed by atoms with Crippen LogP contribution in [0.4, 0.5) is 0 Å². The number of carbonyl (C=O) groups is 1. The van der Waals surface area contributed by atoms with Crippen LogP contribution in [0.3, 0.4) is 0 Å². The summed E-state index contributed by atoms with van der Waals surface area (Å²) in [6, 6.07) is 3.46. The van der Waals surface area contributed by atoms with Gasteiger partial charge in [0.2, 0.25) is 0 Å². The number of hydrazine groups is 1. The summed E-state index contributed by atoms with van der Waals surface area (Å²) in [5.74, 6) is 3.93. The van der Waals surface area contributed by atoms with E-state index in [2.05, 4.69) is 12.2 Å². The Labute approximate surface area is 90.7 Å².